The third-order valence-corrected chi connectivity index (χ3v) is 3.05. The van der Waals surface area contributed by atoms with E-state index in [1.807, 2.05) is 0 Å². The second-order valence-corrected chi connectivity index (χ2v) is 4.52. The zero-order chi connectivity index (χ0) is 16.6. The van der Waals surface area contributed by atoms with Gasteiger partial charge in [0.15, 0.2) is 17.6 Å². The zero-order valence-electron chi connectivity index (χ0n) is 10.2. The minimum Gasteiger partial charge on any atom is -0.312 e. The lowest BCUT2D eigenvalue weighted by atomic mass is 9.91. The molecule has 0 spiro atoms. The Morgan fingerprint density at radius 3 is 1.76 bits per heavy atom. The van der Waals surface area contributed by atoms with E-state index in [0.717, 1.165) is 7.05 Å². The molecule has 0 saturated carbocycles. The summed E-state index contributed by atoms with van der Waals surface area (Å²) in [5, 5.41) is 1.06. The van der Waals surface area contributed by atoms with Crippen LogP contribution in [0.4, 0.5) is 35.1 Å². The Balaban J connectivity index is 3.44. The smallest absolute Gasteiger partial charge is 0.312 e. The molecule has 0 aliphatic carbocycles. The van der Waals surface area contributed by atoms with Gasteiger partial charge in [-0.2, -0.15) is 26.3 Å². The SMILES string of the molecule is CNC(c1cc(F)c(F)cc1Cl)C(C(F)(F)F)C(F)(F)F. The molecule has 1 aromatic carbocycles. The average molecular weight is 342 g/mol. The van der Waals surface area contributed by atoms with Crippen molar-refractivity contribution in [3.05, 3.63) is 34.4 Å². The van der Waals surface area contributed by atoms with E-state index in [1.54, 1.807) is 5.32 Å². The van der Waals surface area contributed by atoms with E-state index < -0.39 is 46.5 Å². The van der Waals surface area contributed by atoms with Gasteiger partial charge in [0.25, 0.3) is 0 Å². The lowest BCUT2D eigenvalue weighted by Gasteiger charge is -2.31. The summed E-state index contributed by atoms with van der Waals surface area (Å²) < 4.78 is 102. The van der Waals surface area contributed by atoms with Crippen LogP contribution in [0.15, 0.2) is 12.1 Å². The van der Waals surface area contributed by atoms with Crippen molar-refractivity contribution in [2.24, 2.45) is 5.92 Å². The van der Waals surface area contributed by atoms with E-state index in [1.165, 1.54) is 0 Å². The topological polar surface area (TPSA) is 12.0 Å². The summed E-state index contributed by atoms with van der Waals surface area (Å²) in [4.78, 5) is 0. The first-order chi connectivity index (χ1) is 9.39. The van der Waals surface area contributed by atoms with E-state index in [-0.39, 0.29) is 6.07 Å². The second kappa shape index (κ2) is 5.96. The first kappa shape index (κ1) is 18.0. The number of halogens is 9. The largest absolute Gasteiger partial charge is 0.402 e. The van der Waals surface area contributed by atoms with E-state index >= 15 is 0 Å². The first-order valence-corrected chi connectivity index (χ1v) is 5.72. The van der Waals surface area contributed by atoms with Gasteiger partial charge in [0.05, 0.1) is 6.04 Å². The van der Waals surface area contributed by atoms with Gasteiger partial charge in [0.2, 0.25) is 0 Å². The quantitative estimate of drug-likeness (QED) is 0.625. The van der Waals surface area contributed by atoms with E-state index in [9.17, 15) is 35.1 Å². The van der Waals surface area contributed by atoms with Crippen molar-refractivity contribution < 1.29 is 35.1 Å². The molecule has 1 aromatic rings. The van der Waals surface area contributed by atoms with E-state index in [4.69, 9.17) is 11.6 Å². The molecule has 0 radical (unpaired) electrons. The number of benzene rings is 1. The Morgan fingerprint density at radius 1 is 0.952 bits per heavy atom. The highest BCUT2D eigenvalue weighted by atomic mass is 35.5. The van der Waals surface area contributed by atoms with Gasteiger partial charge in [-0.25, -0.2) is 8.78 Å². The van der Waals surface area contributed by atoms with Crippen molar-refractivity contribution in [3.8, 4) is 0 Å². The molecule has 0 bridgehead atoms. The number of nitrogens with one attached hydrogen (secondary N) is 1. The predicted molar refractivity (Wildman–Crippen MR) is 58.8 cm³/mol. The van der Waals surface area contributed by atoms with Gasteiger partial charge >= 0.3 is 12.4 Å². The van der Waals surface area contributed by atoms with Crippen molar-refractivity contribution in [1.82, 2.24) is 5.32 Å². The normalized spacial score (nSPS) is 14.6. The highest BCUT2D eigenvalue weighted by molar-refractivity contribution is 6.31. The average Bonchev–Trinajstić information content (AvgIpc) is 2.27. The maximum Gasteiger partial charge on any atom is 0.402 e. The monoisotopic (exact) mass is 341 g/mol. The number of hydrogen-bond donors (Lipinski definition) is 1. The van der Waals surface area contributed by atoms with Crippen LogP contribution in [-0.2, 0) is 0 Å². The van der Waals surface area contributed by atoms with Crippen LogP contribution < -0.4 is 5.32 Å². The lowest BCUT2D eigenvalue weighted by molar-refractivity contribution is -0.292. The number of hydrogen-bond acceptors (Lipinski definition) is 1. The van der Waals surface area contributed by atoms with E-state index in [0.29, 0.717) is 6.07 Å². The first-order valence-electron chi connectivity index (χ1n) is 5.34. The van der Waals surface area contributed by atoms with Crippen LogP contribution in [0.3, 0.4) is 0 Å². The van der Waals surface area contributed by atoms with Gasteiger partial charge < -0.3 is 5.32 Å². The maximum atomic E-state index is 13.1. The summed E-state index contributed by atoms with van der Waals surface area (Å²) in [6, 6.07) is -1.88. The molecule has 10 heteroatoms. The third kappa shape index (κ3) is 3.97. The highest BCUT2D eigenvalue weighted by Gasteiger charge is 2.60. The molecular weight excluding hydrogens is 334 g/mol. The van der Waals surface area contributed by atoms with Crippen molar-refractivity contribution >= 4 is 11.6 Å². The van der Waals surface area contributed by atoms with Gasteiger partial charge in [0.1, 0.15) is 0 Å². The molecule has 1 unspecified atom stereocenters. The Morgan fingerprint density at radius 2 is 1.38 bits per heavy atom. The molecule has 1 rings (SSSR count). The van der Waals surface area contributed by atoms with Crippen LogP contribution in [0, 0.1) is 17.6 Å². The molecule has 1 nitrogen and oxygen atoms in total. The molecule has 0 saturated heterocycles. The van der Waals surface area contributed by atoms with Crippen molar-refractivity contribution in [2.75, 3.05) is 7.05 Å². The van der Waals surface area contributed by atoms with Crippen LogP contribution in [0.2, 0.25) is 5.02 Å². The molecule has 0 fully saturated rings. The minimum atomic E-state index is -5.65. The summed E-state index contributed by atoms with van der Waals surface area (Å²) in [6.45, 7) is 0. The van der Waals surface area contributed by atoms with Crippen LogP contribution >= 0.6 is 11.6 Å². The maximum absolute atomic E-state index is 13.1. The van der Waals surface area contributed by atoms with E-state index in [2.05, 4.69) is 0 Å². The van der Waals surface area contributed by atoms with Crippen LogP contribution in [0.1, 0.15) is 11.6 Å². The molecule has 0 amide bonds. The van der Waals surface area contributed by atoms with Gasteiger partial charge in [-0.05, 0) is 24.7 Å². The van der Waals surface area contributed by atoms with Crippen LogP contribution in [0.25, 0.3) is 0 Å². The zero-order valence-corrected chi connectivity index (χ0v) is 11.0. The Labute approximate surface area is 118 Å². The molecule has 21 heavy (non-hydrogen) atoms. The Kier molecular flexibility index (Phi) is 5.09. The summed E-state index contributed by atoms with van der Waals surface area (Å²) >= 11 is 5.44. The van der Waals surface area contributed by atoms with Gasteiger partial charge in [-0.15, -0.1) is 0 Å². The fourth-order valence-electron chi connectivity index (χ4n) is 1.84. The fraction of sp³-hybridized carbons (Fsp3) is 0.455. The van der Waals surface area contributed by atoms with Crippen molar-refractivity contribution in [2.45, 2.75) is 18.4 Å². The summed E-state index contributed by atoms with van der Waals surface area (Å²) in [5.74, 6) is -6.90. The number of rotatable bonds is 3. The number of alkyl halides is 6. The molecule has 1 atom stereocenters. The Bertz CT molecular complexity index is 496. The fourth-order valence-corrected chi connectivity index (χ4v) is 2.11. The molecule has 0 aromatic heterocycles. The molecule has 120 valence electrons. The Hall–Kier alpha value is -1.09. The molecule has 1 N–H and O–H groups in total. The van der Waals surface area contributed by atoms with Gasteiger partial charge in [-0.3, -0.25) is 0 Å². The minimum absolute atomic E-state index is 0.212. The summed E-state index contributed by atoms with van der Waals surface area (Å²) in [5.41, 5.74) is -0.835. The second-order valence-electron chi connectivity index (χ2n) is 4.12. The van der Waals surface area contributed by atoms with Crippen LogP contribution in [-0.4, -0.2) is 19.4 Å². The molecular formula is C11H8ClF8N. The molecule has 0 aliphatic heterocycles. The van der Waals surface area contributed by atoms with Crippen molar-refractivity contribution in [3.63, 3.8) is 0 Å². The van der Waals surface area contributed by atoms with Crippen molar-refractivity contribution in [1.29, 1.82) is 0 Å². The van der Waals surface area contributed by atoms with Crippen LogP contribution in [0.5, 0.6) is 0 Å². The standard InChI is InChI=1S/C11H8ClF8N/c1-21-8(9(10(15,16)17)11(18,19)20)4-2-6(13)7(14)3-5(4)12/h2-3,8-9,21H,1H3. The summed E-state index contributed by atoms with van der Waals surface area (Å²) in [7, 11) is 0.826. The lowest BCUT2D eigenvalue weighted by Crippen LogP contribution is -2.45. The molecule has 0 aliphatic rings. The third-order valence-electron chi connectivity index (χ3n) is 2.72. The predicted octanol–water partition coefficient (Wildman–Crippen LogP) is 4.62. The molecule has 0 heterocycles. The van der Waals surface area contributed by atoms with Gasteiger partial charge in [0, 0.05) is 5.02 Å². The van der Waals surface area contributed by atoms with Gasteiger partial charge in [-0.1, -0.05) is 11.6 Å². The highest BCUT2D eigenvalue weighted by Crippen LogP contribution is 2.47. The summed E-state index contributed by atoms with van der Waals surface area (Å²) in [6.07, 6.45) is -11.3.